The Hall–Kier alpha value is -0.160. The number of rotatable bonds is 0. The molecule has 1 aromatic heterocycles. The molecular weight excluding hydrogens is 341 g/mol. The highest BCUT2D eigenvalue weighted by molar-refractivity contribution is 14.1. The molecule has 0 aliphatic rings. The van der Waals surface area contributed by atoms with E-state index in [9.17, 15) is 0 Å². The Morgan fingerprint density at radius 2 is 2.08 bits per heavy atom. The number of aryl methyl sites for hydroxylation is 1. The van der Waals surface area contributed by atoms with E-state index in [0.717, 1.165) is 9.99 Å². The Morgan fingerprint density at radius 1 is 1.31 bits per heavy atom. The van der Waals surface area contributed by atoms with Crippen LogP contribution in [0.5, 0.6) is 0 Å². The van der Waals surface area contributed by atoms with Crippen molar-refractivity contribution in [2.45, 2.75) is 6.92 Å². The van der Waals surface area contributed by atoms with Crippen molar-refractivity contribution in [3.63, 3.8) is 0 Å². The lowest BCUT2D eigenvalue weighted by Gasteiger charge is -2.02. The topological polar surface area (TPSA) is 12.9 Å². The van der Waals surface area contributed by atoms with Crippen molar-refractivity contribution in [1.29, 1.82) is 0 Å². The van der Waals surface area contributed by atoms with E-state index < -0.39 is 0 Å². The van der Waals surface area contributed by atoms with Crippen LogP contribution < -0.4 is 0 Å². The standard InChI is InChI=1S/C10H7BrIN/c1-6-2-7-4-8(12)5-13-10(7)9(11)3-6/h2-5H,1H3. The molecule has 0 radical (unpaired) electrons. The minimum atomic E-state index is 1.03. The van der Waals surface area contributed by atoms with Crippen molar-refractivity contribution in [3.05, 3.63) is 38.0 Å². The van der Waals surface area contributed by atoms with Crippen LogP contribution in [-0.2, 0) is 0 Å². The maximum Gasteiger partial charge on any atom is 0.0844 e. The molecule has 0 N–H and O–H groups in total. The van der Waals surface area contributed by atoms with Crippen LogP contribution in [0.2, 0.25) is 0 Å². The highest BCUT2D eigenvalue weighted by Crippen LogP contribution is 2.24. The van der Waals surface area contributed by atoms with E-state index in [1.807, 2.05) is 6.20 Å². The first-order valence-corrected chi connectivity index (χ1v) is 5.75. The number of fused-ring (bicyclic) bond motifs is 1. The van der Waals surface area contributed by atoms with Crippen molar-refractivity contribution >= 4 is 49.4 Å². The number of pyridine rings is 1. The van der Waals surface area contributed by atoms with E-state index in [-0.39, 0.29) is 0 Å². The quantitative estimate of drug-likeness (QED) is 0.658. The number of hydrogen-bond donors (Lipinski definition) is 0. The van der Waals surface area contributed by atoms with Gasteiger partial charge in [0.15, 0.2) is 0 Å². The highest BCUT2D eigenvalue weighted by Gasteiger charge is 2.01. The second-order valence-corrected chi connectivity index (χ2v) is 5.07. The molecule has 0 aliphatic carbocycles. The van der Waals surface area contributed by atoms with Crippen molar-refractivity contribution < 1.29 is 0 Å². The van der Waals surface area contributed by atoms with Crippen LogP contribution in [0.3, 0.4) is 0 Å². The molecule has 0 aliphatic heterocycles. The van der Waals surface area contributed by atoms with Gasteiger partial charge in [0.2, 0.25) is 0 Å². The van der Waals surface area contributed by atoms with Crippen molar-refractivity contribution in [1.82, 2.24) is 4.98 Å². The molecule has 0 amide bonds. The third-order valence-corrected chi connectivity index (χ3v) is 3.04. The molecule has 0 saturated heterocycles. The molecule has 2 aromatic rings. The van der Waals surface area contributed by atoms with Crippen molar-refractivity contribution in [3.8, 4) is 0 Å². The lowest BCUT2D eigenvalue weighted by molar-refractivity contribution is 1.36. The SMILES string of the molecule is Cc1cc(Br)c2ncc(I)cc2c1. The summed E-state index contributed by atoms with van der Waals surface area (Å²) in [6, 6.07) is 6.37. The molecule has 3 heteroatoms. The van der Waals surface area contributed by atoms with Crippen LogP contribution in [0, 0.1) is 10.5 Å². The zero-order valence-corrected chi connectivity index (χ0v) is 10.8. The summed E-state index contributed by atoms with van der Waals surface area (Å²) in [5.74, 6) is 0. The number of aromatic nitrogens is 1. The third kappa shape index (κ3) is 1.86. The highest BCUT2D eigenvalue weighted by atomic mass is 127. The second kappa shape index (κ2) is 3.53. The van der Waals surface area contributed by atoms with Gasteiger partial charge in [-0.3, -0.25) is 4.98 Å². The Kier molecular flexibility index (Phi) is 2.55. The van der Waals surface area contributed by atoms with Gasteiger partial charge in [-0.15, -0.1) is 0 Å². The fourth-order valence-corrected chi connectivity index (χ4v) is 2.49. The summed E-state index contributed by atoms with van der Waals surface area (Å²) in [6.07, 6.45) is 1.88. The molecule has 1 nitrogen and oxygen atoms in total. The van der Waals surface area contributed by atoms with Crippen LogP contribution in [0.1, 0.15) is 5.56 Å². The largest absolute Gasteiger partial charge is 0.254 e. The molecule has 0 unspecified atom stereocenters. The second-order valence-electron chi connectivity index (χ2n) is 2.97. The molecule has 0 fully saturated rings. The maximum absolute atomic E-state index is 4.37. The van der Waals surface area contributed by atoms with Gasteiger partial charge < -0.3 is 0 Å². The summed E-state index contributed by atoms with van der Waals surface area (Å²) in [4.78, 5) is 4.37. The van der Waals surface area contributed by atoms with Gasteiger partial charge in [0.05, 0.1) is 5.52 Å². The molecule has 1 heterocycles. The fourth-order valence-electron chi connectivity index (χ4n) is 1.32. The Balaban J connectivity index is 2.86. The number of nitrogens with zero attached hydrogens (tertiary/aromatic N) is 1. The molecule has 2 rings (SSSR count). The zero-order valence-electron chi connectivity index (χ0n) is 7.01. The van der Waals surface area contributed by atoms with Gasteiger partial charge >= 0.3 is 0 Å². The summed E-state index contributed by atoms with van der Waals surface area (Å²) in [5.41, 5.74) is 2.29. The predicted molar refractivity (Wildman–Crippen MR) is 66.9 cm³/mol. The third-order valence-electron chi connectivity index (χ3n) is 1.85. The van der Waals surface area contributed by atoms with Crippen LogP contribution in [-0.4, -0.2) is 4.98 Å². The molecule has 66 valence electrons. The average molecular weight is 348 g/mol. The lowest BCUT2D eigenvalue weighted by atomic mass is 10.1. The first kappa shape index (κ1) is 9.40. The minimum Gasteiger partial charge on any atom is -0.254 e. The van der Waals surface area contributed by atoms with E-state index in [1.165, 1.54) is 14.5 Å². The van der Waals surface area contributed by atoms with E-state index in [1.54, 1.807) is 0 Å². The summed E-state index contributed by atoms with van der Waals surface area (Å²) in [6.45, 7) is 2.09. The Bertz CT molecular complexity index is 462. The maximum atomic E-state index is 4.37. The summed E-state index contributed by atoms with van der Waals surface area (Å²) in [5, 5.41) is 1.19. The first-order valence-electron chi connectivity index (χ1n) is 3.88. The van der Waals surface area contributed by atoms with Gasteiger partial charge in [0.1, 0.15) is 0 Å². The van der Waals surface area contributed by atoms with Crippen molar-refractivity contribution in [2.24, 2.45) is 0 Å². The Morgan fingerprint density at radius 3 is 2.85 bits per heavy atom. The van der Waals surface area contributed by atoms with Crippen LogP contribution in [0.15, 0.2) is 28.9 Å². The van der Waals surface area contributed by atoms with Gasteiger partial charge in [-0.1, -0.05) is 0 Å². The van der Waals surface area contributed by atoms with Crippen LogP contribution >= 0.6 is 38.5 Å². The molecule has 0 spiro atoms. The number of hydrogen-bond acceptors (Lipinski definition) is 1. The average Bonchev–Trinajstić information content (AvgIpc) is 2.02. The smallest absolute Gasteiger partial charge is 0.0844 e. The summed E-state index contributed by atoms with van der Waals surface area (Å²) < 4.78 is 2.24. The normalized spacial score (nSPS) is 10.7. The molecule has 1 aromatic carbocycles. The van der Waals surface area contributed by atoms with Crippen molar-refractivity contribution in [2.75, 3.05) is 0 Å². The summed E-state index contributed by atoms with van der Waals surface area (Å²) in [7, 11) is 0. The minimum absolute atomic E-state index is 1.03. The molecule has 0 saturated carbocycles. The van der Waals surface area contributed by atoms with Gasteiger partial charge in [0.25, 0.3) is 0 Å². The molecule has 0 atom stereocenters. The monoisotopic (exact) mass is 347 g/mol. The van der Waals surface area contributed by atoms with Crippen LogP contribution in [0.4, 0.5) is 0 Å². The van der Waals surface area contributed by atoms with Gasteiger partial charge in [-0.2, -0.15) is 0 Å². The Labute approximate surface area is 98.8 Å². The van der Waals surface area contributed by atoms with E-state index in [4.69, 9.17) is 0 Å². The van der Waals surface area contributed by atoms with Gasteiger partial charge in [-0.25, -0.2) is 0 Å². The summed E-state index contributed by atoms with van der Waals surface area (Å²) >= 11 is 5.78. The lowest BCUT2D eigenvalue weighted by Crippen LogP contribution is -1.83. The zero-order chi connectivity index (χ0) is 9.42. The molecular formula is C10H7BrIN. The van der Waals surface area contributed by atoms with E-state index in [2.05, 4.69) is 68.6 Å². The van der Waals surface area contributed by atoms with Gasteiger partial charge in [0, 0.05) is 19.6 Å². The van der Waals surface area contributed by atoms with Gasteiger partial charge in [-0.05, 0) is 69.2 Å². The first-order chi connectivity index (χ1) is 6.16. The fraction of sp³-hybridized carbons (Fsp3) is 0.100. The molecule has 0 bridgehead atoms. The van der Waals surface area contributed by atoms with E-state index in [0.29, 0.717) is 0 Å². The molecule has 13 heavy (non-hydrogen) atoms. The predicted octanol–water partition coefficient (Wildman–Crippen LogP) is 3.91. The van der Waals surface area contributed by atoms with Crippen LogP contribution in [0.25, 0.3) is 10.9 Å². The van der Waals surface area contributed by atoms with E-state index >= 15 is 0 Å². The number of benzene rings is 1. The number of halogens is 2.